The first-order chi connectivity index (χ1) is 7.36. The van der Waals surface area contributed by atoms with E-state index in [-0.39, 0.29) is 0 Å². The van der Waals surface area contributed by atoms with Crippen molar-refractivity contribution in [3.8, 4) is 0 Å². The van der Waals surface area contributed by atoms with Crippen molar-refractivity contribution >= 4 is 32.4 Å². The molecular formula is C11H17BrN2S. The van der Waals surface area contributed by atoms with Gasteiger partial charge in [-0.25, -0.2) is 4.98 Å². The van der Waals surface area contributed by atoms with Crippen molar-refractivity contribution in [2.75, 3.05) is 18.0 Å². The van der Waals surface area contributed by atoms with E-state index in [1.54, 1.807) is 11.3 Å². The molecule has 15 heavy (non-hydrogen) atoms. The van der Waals surface area contributed by atoms with E-state index in [1.807, 2.05) is 0 Å². The third-order valence-corrected chi connectivity index (χ3v) is 4.45. The van der Waals surface area contributed by atoms with E-state index < -0.39 is 0 Å². The molecule has 0 atom stereocenters. The largest absolute Gasteiger partial charge is 0.348 e. The van der Waals surface area contributed by atoms with Crippen molar-refractivity contribution in [2.45, 2.75) is 38.5 Å². The molecule has 2 rings (SSSR count). The fourth-order valence-electron chi connectivity index (χ4n) is 2.01. The predicted molar refractivity (Wildman–Crippen MR) is 69.7 cm³/mol. The van der Waals surface area contributed by atoms with Crippen LogP contribution in [0.2, 0.25) is 0 Å². The zero-order valence-corrected chi connectivity index (χ0v) is 11.3. The number of thiazole rings is 1. The van der Waals surface area contributed by atoms with E-state index in [0.717, 1.165) is 4.60 Å². The maximum Gasteiger partial charge on any atom is 0.186 e. The minimum atomic E-state index is 0.974. The minimum absolute atomic E-state index is 0.974. The molecule has 0 N–H and O–H groups in total. The second-order valence-electron chi connectivity index (χ2n) is 4.06. The summed E-state index contributed by atoms with van der Waals surface area (Å²) in [4.78, 5) is 6.94. The lowest BCUT2D eigenvalue weighted by Crippen LogP contribution is -2.25. The van der Waals surface area contributed by atoms with Gasteiger partial charge in [0.2, 0.25) is 0 Å². The van der Waals surface area contributed by atoms with Crippen LogP contribution in [-0.2, 0) is 0 Å². The van der Waals surface area contributed by atoms with E-state index in [4.69, 9.17) is 0 Å². The summed E-state index contributed by atoms with van der Waals surface area (Å²) < 4.78 is 0.974. The van der Waals surface area contributed by atoms with Crippen LogP contribution in [0.3, 0.4) is 0 Å². The maximum absolute atomic E-state index is 4.50. The second-order valence-corrected chi connectivity index (χ2v) is 5.71. The molecule has 0 aromatic carbocycles. The number of hydrogen-bond acceptors (Lipinski definition) is 3. The molecule has 0 bridgehead atoms. The molecule has 1 aliphatic rings. The SMILES string of the molecule is Brc1csc(N2CCCCCCCC2)n1. The van der Waals surface area contributed by atoms with Crippen molar-refractivity contribution in [1.29, 1.82) is 0 Å². The summed E-state index contributed by atoms with van der Waals surface area (Å²) in [7, 11) is 0. The van der Waals surface area contributed by atoms with Crippen molar-refractivity contribution in [1.82, 2.24) is 4.98 Å². The highest BCUT2D eigenvalue weighted by molar-refractivity contribution is 9.10. The summed E-state index contributed by atoms with van der Waals surface area (Å²) in [6, 6.07) is 0. The highest BCUT2D eigenvalue weighted by Crippen LogP contribution is 2.25. The Labute approximate surface area is 104 Å². The van der Waals surface area contributed by atoms with Gasteiger partial charge >= 0.3 is 0 Å². The second kappa shape index (κ2) is 5.85. The van der Waals surface area contributed by atoms with Gasteiger partial charge in [-0.1, -0.05) is 25.7 Å². The fourth-order valence-corrected chi connectivity index (χ4v) is 3.31. The van der Waals surface area contributed by atoms with Crippen molar-refractivity contribution in [3.63, 3.8) is 0 Å². The minimum Gasteiger partial charge on any atom is -0.348 e. The summed E-state index contributed by atoms with van der Waals surface area (Å²) >= 11 is 5.17. The standard InChI is InChI=1S/C11H17BrN2S/c12-10-9-15-11(13-10)14-7-5-3-1-2-4-6-8-14/h9H,1-8H2. The Morgan fingerprint density at radius 2 is 1.67 bits per heavy atom. The number of hydrogen-bond donors (Lipinski definition) is 0. The van der Waals surface area contributed by atoms with Crippen LogP contribution in [0.5, 0.6) is 0 Å². The molecule has 84 valence electrons. The summed E-state index contributed by atoms with van der Waals surface area (Å²) in [6.07, 6.45) is 8.21. The topological polar surface area (TPSA) is 16.1 Å². The first-order valence-electron chi connectivity index (χ1n) is 5.72. The zero-order valence-electron chi connectivity index (χ0n) is 8.91. The van der Waals surface area contributed by atoms with Gasteiger partial charge in [-0.3, -0.25) is 0 Å². The Morgan fingerprint density at radius 1 is 1.07 bits per heavy atom. The number of aromatic nitrogens is 1. The molecule has 0 spiro atoms. The van der Waals surface area contributed by atoms with Crippen LogP contribution in [0.4, 0.5) is 5.13 Å². The van der Waals surface area contributed by atoms with Gasteiger partial charge in [0.15, 0.2) is 5.13 Å². The molecule has 0 radical (unpaired) electrons. The Morgan fingerprint density at radius 3 is 2.20 bits per heavy atom. The number of nitrogens with zero attached hydrogens (tertiary/aromatic N) is 2. The normalized spacial score (nSPS) is 19.4. The lowest BCUT2D eigenvalue weighted by Gasteiger charge is -2.20. The fraction of sp³-hybridized carbons (Fsp3) is 0.727. The summed E-state index contributed by atoms with van der Waals surface area (Å²) in [5, 5.41) is 3.26. The lowest BCUT2D eigenvalue weighted by molar-refractivity contribution is 0.636. The van der Waals surface area contributed by atoms with E-state index in [2.05, 4.69) is 31.2 Å². The Kier molecular flexibility index (Phi) is 4.44. The molecule has 1 aromatic rings. The zero-order chi connectivity index (χ0) is 10.5. The van der Waals surface area contributed by atoms with Crippen LogP contribution in [0.15, 0.2) is 9.98 Å². The van der Waals surface area contributed by atoms with E-state index in [9.17, 15) is 0 Å². The third kappa shape index (κ3) is 3.45. The van der Waals surface area contributed by atoms with Crippen LogP contribution in [0.25, 0.3) is 0 Å². The number of anilines is 1. The molecule has 1 fully saturated rings. The van der Waals surface area contributed by atoms with Gasteiger partial charge in [0, 0.05) is 18.5 Å². The summed E-state index contributed by atoms with van der Waals surface area (Å²) in [5.74, 6) is 0. The van der Waals surface area contributed by atoms with E-state index >= 15 is 0 Å². The smallest absolute Gasteiger partial charge is 0.186 e. The van der Waals surface area contributed by atoms with E-state index in [0.29, 0.717) is 0 Å². The quantitative estimate of drug-likeness (QED) is 0.775. The summed E-state index contributed by atoms with van der Waals surface area (Å²) in [5.41, 5.74) is 0. The average molecular weight is 289 g/mol. The van der Waals surface area contributed by atoms with Gasteiger partial charge in [0.25, 0.3) is 0 Å². The van der Waals surface area contributed by atoms with Crippen LogP contribution < -0.4 is 4.90 Å². The van der Waals surface area contributed by atoms with Gasteiger partial charge in [-0.2, -0.15) is 0 Å². The molecule has 2 nitrogen and oxygen atoms in total. The molecule has 1 aliphatic heterocycles. The summed E-state index contributed by atoms with van der Waals surface area (Å²) in [6.45, 7) is 2.36. The molecule has 0 saturated carbocycles. The highest BCUT2D eigenvalue weighted by Gasteiger charge is 2.11. The van der Waals surface area contributed by atoms with Gasteiger partial charge in [0.05, 0.1) is 0 Å². The molecule has 0 amide bonds. The molecule has 0 unspecified atom stereocenters. The van der Waals surface area contributed by atoms with Crippen molar-refractivity contribution in [2.24, 2.45) is 0 Å². The van der Waals surface area contributed by atoms with Crippen molar-refractivity contribution < 1.29 is 0 Å². The number of rotatable bonds is 1. The van der Waals surface area contributed by atoms with Crippen LogP contribution in [0.1, 0.15) is 38.5 Å². The molecule has 2 heterocycles. The molecule has 0 aliphatic carbocycles. The highest BCUT2D eigenvalue weighted by atomic mass is 79.9. The van der Waals surface area contributed by atoms with Gasteiger partial charge in [0.1, 0.15) is 4.60 Å². The molecule has 1 aromatic heterocycles. The van der Waals surface area contributed by atoms with Crippen LogP contribution in [0, 0.1) is 0 Å². The van der Waals surface area contributed by atoms with Crippen LogP contribution >= 0.6 is 27.3 Å². The monoisotopic (exact) mass is 288 g/mol. The average Bonchev–Trinajstić information content (AvgIpc) is 2.69. The molecule has 1 saturated heterocycles. The van der Waals surface area contributed by atoms with Crippen LogP contribution in [-0.4, -0.2) is 18.1 Å². The third-order valence-electron chi connectivity index (χ3n) is 2.84. The van der Waals surface area contributed by atoms with Crippen molar-refractivity contribution in [3.05, 3.63) is 9.98 Å². The number of halogens is 1. The lowest BCUT2D eigenvalue weighted by atomic mass is 10.1. The Hall–Kier alpha value is -0.0900. The Bertz CT molecular complexity index is 291. The van der Waals surface area contributed by atoms with Gasteiger partial charge in [-0.05, 0) is 28.8 Å². The van der Waals surface area contributed by atoms with E-state index in [1.165, 1.54) is 56.7 Å². The first kappa shape index (κ1) is 11.4. The first-order valence-corrected chi connectivity index (χ1v) is 7.39. The van der Waals surface area contributed by atoms with Gasteiger partial charge in [-0.15, -0.1) is 11.3 Å². The maximum atomic E-state index is 4.50. The molecule has 4 heteroatoms. The van der Waals surface area contributed by atoms with Gasteiger partial charge < -0.3 is 4.90 Å². The Balaban J connectivity index is 1.98. The predicted octanol–water partition coefficient (Wildman–Crippen LogP) is 4.07. The molecular weight excluding hydrogens is 272 g/mol.